The van der Waals surface area contributed by atoms with Crippen molar-refractivity contribution in [2.45, 2.75) is 33.1 Å². The van der Waals surface area contributed by atoms with E-state index in [9.17, 15) is 4.79 Å². The molecule has 2 rings (SSSR count). The molecule has 0 unspecified atom stereocenters. The second kappa shape index (κ2) is 5.65. The number of aromatic nitrogens is 2. The van der Waals surface area contributed by atoms with Gasteiger partial charge < -0.3 is 4.42 Å². The smallest absolute Gasteiger partial charge is 0.322 e. The van der Waals surface area contributed by atoms with Gasteiger partial charge >= 0.3 is 6.01 Å². The average molecular weight is 259 g/mol. The van der Waals surface area contributed by atoms with Crippen LogP contribution in [0, 0.1) is 0 Å². The first-order valence-corrected chi connectivity index (χ1v) is 6.23. The summed E-state index contributed by atoms with van der Waals surface area (Å²) in [6, 6.07) is 8.45. The zero-order valence-corrected chi connectivity index (χ0v) is 11.3. The van der Waals surface area contributed by atoms with Gasteiger partial charge in [0.15, 0.2) is 0 Å². The highest BCUT2D eigenvalue weighted by Gasteiger charge is 2.08. The fourth-order valence-electron chi connectivity index (χ4n) is 1.72. The molecule has 0 aliphatic heterocycles. The van der Waals surface area contributed by atoms with Crippen molar-refractivity contribution in [2.24, 2.45) is 0 Å². The minimum absolute atomic E-state index is 0.140. The molecule has 19 heavy (non-hydrogen) atoms. The number of nitrogens with one attached hydrogen (secondary N) is 1. The second-order valence-corrected chi connectivity index (χ2v) is 4.76. The zero-order chi connectivity index (χ0) is 13.8. The van der Waals surface area contributed by atoms with Gasteiger partial charge in [0.1, 0.15) is 0 Å². The Bertz CT molecular complexity index is 558. The highest BCUT2D eigenvalue weighted by Crippen LogP contribution is 2.17. The van der Waals surface area contributed by atoms with Gasteiger partial charge in [-0.3, -0.25) is 10.1 Å². The fourth-order valence-corrected chi connectivity index (χ4v) is 1.72. The van der Waals surface area contributed by atoms with Crippen LogP contribution in [0.1, 0.15) is 43.7 Å². The SMILES string of the molecule is CC(=O)Nc1nnc(Cc2ccc(C(C)C)cc2)o1. The third-order valence-corrected chi connectivity index (χ3v) is 2.75. The van der Waals surface area contributed by atoms with Crippen LogP contribution in [0.5, 0.6) is 0 Å². The van der Waals surface area contributed by atoms with Crippen LogP contribution in [0.15, 0.2) is 28.7 Å². The third kappa shape index (κ3) is 3.64. The van der Waals surface area contributed by atoms with Crippen molar-refractivity contribution in [2.75, 3.05) is 5.32 Å². The molecule has 0 aliphatic rings. The number of carbonyl (C=O) groups excluding carboxylic acids is 1. The van der Waals surface area contributed by atoms with Crippen molar-refractivity contribution in [3.63, 3.8) is 0 Å². The molecule has 100 valence electrons. The van der Waals surface area contributed by atoms with Gasteiger partial charge in [-0.25, -0.2) is 0 Å². The van der Waals surface area contributed by atoms with Crippen LogP contribution in [0.3, 0.4) is 0 Å². The molecule has 0 saturated carbocycles. The normalized spacial score (nSPS) is 10.7. The van der Waals surface area contributed by atoms with E-state index in [1.54, 1.807) is 0 Å². The lowest BCUT2D eigenvalue weighted by molar-refractivity contribution is -0.114. The molecule has 0 spiro atoms. The summed E-state index contributed by atoms with van der Waals surface area (Å²) in [5.74, 6) is 0.779. The third-order valence-electron chi connectivity index (χ3n) is 2.75. The van der Waals surface area contributed by atoms with E-state index in [1.807, 2.05) is 0 Å². The maximum Gasteiger partial charge on any atom is 0.322 e. The quantitative estimate of drug-likeness (QED) is 0.916. The Labute approximate surface area is 112 Å². The Hall–Kier alpha value is -2.17. The predicted octanol–water partition coefficient (Wildman–Crippen LogP) is 2.74. The molecular formula is C14H17N3O2. The average Bonchev–Trinajstić information content (AvgIpc) is 2.76. The van der Waals surface area contributed by atoms with E-state index in [-0.39, 0.29) is 11.9 Å². The summed E-state index contributed by atoms with van der Waals surface area (Å²) in [6.45, 7) is 5.72. The molecule has 0 radical (unpaired) electrons. The molecule has 5 heteroatoms. The van der Waals surface area contributed by atoms with Gasteiger partial charge in [0.05, 0.1) is 6.42 Å². The second-order valence-electron chi connectivity index (χ2n) is 4.76. The summed E-state index contributed by atoms with van der Waals surface area (Å²) in [4.78, 5) is 10.8. The molecule has 0 saturated heterocycles. The number of rotatable bonds is 4. The van der Waals surface area contributed by atoms with Gasteiger partial charge in [0.2, 0.25) is 11.8 Å². The van der Waals surface area contributed by atoms with Crippen molar-refractivity contribution in [3.8, 4) is 0 Å². The Morgan fingerprint density at radius 2 is 1.95 bits per heavy atom. The van der Waals surface area contributed by atoms with Crippen LogP contribution in [-0.4, -0.2) is 16.1 Å². The summed E-state index contributed by atoms with van der Waals surface area (Å²) in [6.07, 6.45) is 0.560. The summed E-state index contributed by atoms with van der Waals surface area (Å²) < 4.78 is 5.32. The first kappa shape index (κ1) is 13.3. The summed E-state index contributed by atoms with van der Waals surface area (Å²) in [5.41, 5.74) is 2.40. The van der Waals surface area contributed by atoms with Crippen LogP contribution >= 0.6 is 0 Å². The van der Waals surface area contributed by atoms with Gasteiger partial charge in [-0.05, 0) is 17.0 Å². The van der Waals surface area contributed by atoms with E-state index in [1.165, 1.54) is 12.5 Å². The minimum atomic E-state index is -0.225. The van der Waals surface area contributed by atoms with Gasteiger partial charge in [0, 0.05) is 6.92 Å². The number of hydrogen-bond donors (Lipinski definition) is 1. The predicted molar refractivity (Wildman–Crippen MR) is 71.9 cm³/mol. The van der Waals surface area contributed by atoms with Crippen LogP contribution in [0.2, 0.25) is 0 Å². The summed E-state index contributed by atoms with van der Waals surface area (Å²) in [7, 11) is 0. The zero-order valence-electron chi connectivity index (χ0n) is 11.3. The van der Waals surface area contributed by atoms with E-state index in [0.717, 1.165) is 5.56 Å². The van der Waals surface area contributed by atoms with Crippen molar-refractivity contribution in [1.29, 1.82) is 0 Å². The maximum atomic E-state index is 10.8. The van der Waals surface area contributed by atoms with Crippen LogP contribution < -0.4 is 5.32 Å². The van der Waals surface area contributed by atoms with Gasteiger partial charge in [-0.2, -0.15) is 0 Å². The van der Waals surface area contributed by atoms with Crippen molar-refractivity contribution >= 4 is 11.9 Å². The first-order valence-electron chi connectivity index (χ1n) is 6.23. The number of carbonyl (C=O) groups is 1. The number of benzene rings is 1. The van der Waals surface area contributed by atoms with E-state index < -0.39 is 0 Å². The van der Waals surface area contributed by atoms with Crippen LogP contribution in [0.4, 0.5) is 6.01 Å². The molecule has 1 heterocycles. The lowest BCUT2D eigenvalue weighted by Crippen LogP contribution is -2.05. The Balaban J connectivity index is 2.04. The molecule has 5 nitrogen and oxygen atoms in total. The number of nitrogens with zero attached hydrogens (tertiary/aromatic N) is 2. The van der Waals surface area contributed by atoms with E-state index in [0.29, 0.717) is 18.2 Å². The molecule has 0 bridgehead atoms. The molecule has 2 aromatic rings. The first-order chi connectivity index (χ1) is 9.04. The molecule has 0 atom stereocenters. The highest BCUT2D eigenvalue weighted by molar-refractivity contribution is 5.86. The maximum absolute atomic E-state index is 10.8. The number of amides is 1. The number of hydrogen-bond acceptors (Lipinski definition) is 4. The van der Waals surface area contributed by atoms with E-state index in [4.69, 9.17) is 4.42 Å². The molecule has 1 aromatic heterocycles. The molecule has 0 aliphatic carbocycles. The monoisotopic (exact) mass is 259 g/mol. The van der Waals surface area contributed by atoms with Crippen molar-refractivity contribution < 1.29 is 9.21 Å². The van der Waals surface area contributed by atoms with Crippen LogP contribution in [0.25, 0.3) is 0 Å². The standard InChI is InChI=1S/C14H17N3O2/c1-9(2)12-6-4-11(5-7-12)8-13-16-17-14(19-13)15-10(3)18/h4-7,9H,8H2,1-3H3,(H,15,17,18). The van der Waals surface area contributed by atoms with Crippen molar-refractivity contribution in [3.05, 3.63) is 41.3 Å². The molecular weight excluding hydrogens is 242 g/mol. The fraction of sp³-hybridized carbons (Fsp3) is 0.357. The minimum Gasteiger partial charge on any atom is -0.407 e. The highest BCUT2D eigenvalue weighted by atomic mass is 16.4. The van der Waals surface area contributed by atoms with E-state index >= 15 is 0 Å². The van der Waals surface area contributed by atoms with Gasteiger partial charge in [0.25, 0.3) is 0 Å². The lowest BCUT2D eigenvalue weighted by atomic mass is 10.0. The molecule has 1 N–H and O–H groups in total. The van der Waals surface area contributed by atoms with Crippen molar-refractivity contribution in [1.82, 2.24) is 10.2 Å². The lowest BCUT2D eigenvalue weighted by Gasteiger charge is -2.05. The molecule has 1 aromatic carbocycles. The molecule has 0 fully saturated rings. The summed E-state index contributed by atoms with van der Waals surface area (Å²) >= 11 is 0. The largest absolute Gasteiger partial charge is 0.407 e. The Morgan fingerprint density at radius 3 is 2.53 bits per heavy atom. The summed E-state index contributed by atoms with van der Waals surface area (Å²) in [5, 5.41) is 10.1. The topological polar surface area (TPSA) is 68.0 Å². The van der Waals surface area contributed by atoms with Gasteiger partial charge in [-0.15, -0.1) is 5.10 Å². The Morgan fingerprint density at radius 1 is 1.26 bits per heavy atom. The molecule has 1 amide bonds. The van der Waals surface area contributed by atoms with E-state index in [2.05, 4.69) is 53.6 Å². The van der Waals surface area contributed by atoms with Crippen LogP contribution in [-0.2, 0) is 11.2 Å². The number of anilines is 1. The van der Waals surface area contributed by atoms with Gasteiger partial charge in [-0.1, -0.05) is 43.2 Å². The Kier molecular flexibility index (Phi) is 3.94.